The summed E-state index contributed by atoms with van der Waals surface area (Å²) in [4.78, 5) is 26.7. The predicted octanol–water partition coefficient (Wildman–Crippen LogP) is 4.28. The van der Waals surface area contributed by atoms with Crippen molar-refractivity contribution in [3.05, 3.63) is 64.4 Å². The minimum atomic E-state index is -0.543. The van der Waals surface area contributed by atoms with Crippen LogP contribution in [-0.4, -0.2) is 29.8 Å². The minimum Gasteiger partial charge on any atom is -0.338 e. The van der Waals surface area contributed by atoms with Crippen LogP contribution >= 0.6 is 11.6 Å². The lowest BCUT2D eigenvalue weighted by Crippen LogP contribution is -2.44. The van der Waals surface area contributed by atoms with E-state index in [0.717, 1.165) is 5.56 Å². The molecule has 0 aliphatic carbocycles. The van der Waals surface area contributed by atoms with Crippen molar-refractivity contribution in [3.8, 4) is 0 Å². The molecule has 2 aromatic carbocycles. The van der Waals surface area contributed by atoms with Crippen molar-refractivity contribution >= 4 is 29.1 Å². The summed E-state index contributed by atoms with van der Waals surface area (Å²) in [5.74, 6) is -1.41. The van der Waals surface area contributed by atoms with Crippen molar-refractivity contribution in [3.63, 3.8) is 0 Å². The molecule has 6 heteroatoms. The summed E-state index contributed by atoms with van der Waals surface area (Å²) in [6, 6.07) is 11.3. The molecule has 3 rings (SSSR count). The Morgan fingerprint density at radius 3 is 2.73 bits per heavy atom. The quantitative estimate of drug-likeness (QED) is 0.871. The maximum atomic E-state index is 13.9. The fourth-order valence-electron chi connectivity index (χ4n) is 3.10. The van der Waals surface area contributed by atoms with Crippen molar-refractivity contribution in [2.24, 2.45) is 5.92 Å². The first-order valence-corrected chi connectivity index (χ1v) is 8.94. The van der Waals surface area contributed by atoms with Gasteiger partial charge < -0.3 is 10.2 Å². The van der Waals surface area contributed by atoms with Crippen LogP contribution in [-0.2, 0) is 4.79 Å². The van der Waals surface area contributed by atoms with E-state index in [1.807, 2.05) is 13.0 Å². The number of carbonyl (C=O) groups excluding carboxylic acids is 2. The summed E-state index contributed by atoms with van der Waals surface area (Å²) in [6.45, 7) is 2.69. The van der Waals surface area contributed by atoms with Gasteiger partial charge in [0, 0.05) is 23.8 Å². The van der Waals surface area contributed by atoms with E-state index in [9.17, 15) is 14.0 Å². The Balaban J connectivity index is 1.67. The molecule has 0 unspecified atom stereocenters. The number of anilines is 1. The van der Waals surface area contributed by atoms with Gasteiger partial charge in [0.15, 0.2) is 0 Å². The van der Waals surface area contributed by atoms with Gasteiger partial charge in [-0.25, -0.2) is 4.39 Å². The SMILES string of the molecule is Cc1ccc(NC(=O)[C@H]2CCCN(C(=O)c3ccccc3F)C2)cc1Cl. The van der Waals surface area contributed by atoms with Crippen molar-refractivity contribution in [2.75, 3.05) is 18.4 Å². The van der Waals surface area contributed by atoms with E-state index in [-0.39, 0.29) is 29.8 Å². The van der Waals surface area contributed by atoms with Gasteiger partial charge in [0.05, 0.1) is 11.5 Å². The Bertz CT molecular complexity index is 840. The molecule has 0 saturated carbocycles. The van der Waals surface area contributed by atoms with Crippen molar-refractivity contribution in [1.82, 2.24) is 4.90 Å². The minimum absolute atomic E-state index is 0.0406. The molecule has 26 heavy (non-hydrogen) atoms. The molecule has 1 heterocycles. The summed E-state index contributed by atoms with van der Waals surface area (Å²) in [6.07, 6.45) is 1.39. The summed E-state index contributed by atoms with van der Waals surface area (Å²) in [5, 5.41) is 3.44. The first-order chi connectivity index (χ1) is 12.5. The third-order valence-corrected chi connectivity index (χ3v) is 5.03. The van der Waals surface area contributed by atoms with Gasteiger partial charge in [-0.1, -0.05) is 29.8 Å². The van der Waals surface area contributed by atoms with E-state index < -0.39 is 5.82 Å². The molecule has 2 aromatic rings. The molecule has 1 aliphatic rings. The van der Waals surface area contributed by atoms with Gasteiger partial charge >= 0.3 is 0 Å². The van der Waals surface area contributed by atoms with Gasteiger partial charge in [0.25, 0.3) is 5.91 Å². The molecule has 1 fully saturated rings. The van der Waals surface area contributed by atoms with Gasteiger partial charge in [0.1, 0.15) is 5.82 Å². The van der Waals surface area contributed by atoms with Crippen molar-refractivity contribution in [1.29, 1.82) is 0 Å². The smallest absolute Gasteiger partial charge is 0.256 e. The zero-order chi connectivity index (χ0) is 18.7. The highest BCUT2D eigenvalue weighted by Crippen LogP contribution is 2.23. The van der Waals surface area contributed by atoms with Gasteiger partial charge in [-0.05, 0) is 49.6 Å². The highest BCUT2D eigenvalue weighted by Gasteiger charge is 2.29. The van der Waals surface area contributed by atoms with Crippen LogP contribution in [0.15, 0.2) is 42.5 Å². The van der Waals surface area contributed by atoms with E-state index in [1.54, 1.807) is 29.2 Å². The molecule has 1 atom stereocenters. The first kappa shape index (κ1) is 18.4. The number of piperidine rings is 1. The van der Waals surface area contributed by atoms with E-state index in [0.29, 0.717) is 30.1 Å². The molecule has 0 radical (unpaired) electrons. The number of hydrogen-bond acceptors (Lipinski definition) is 2. The van der Waals surface area contributed by atoms with Gasteiger partial charge in [-0.3, -0.25) is 9.59 Å². The average Bonchev–Trinajstić information content (AvgIpc) is 2.64. The number of halogens is 2. The second kappa shape index (κ2) is 7.87. The van der Waals surface area contributed by atoms with Gasteiger partial charge in [-0.2, -0.15) is 0 Å². The van der Waals surface area contributed by atoms with Crippen LogP contribution in [0.25, 0.3) is 0 Å². The Labute approximate surface area is 157 Å². The Morgan fingerprint density at radius 2 is 2.00 bits per heavy atom. The zero-order valence-corrected chi connectivity index (χ0v) is 15.2. The Hall–Kier alpha value is -2.40. The normalized spacial score (nSPS) is 17.0. The van der Waals surface area contributed by atoms with Crippen molar-refractivity contribution < 1.29 is 14.0 Å². The Morgan fingerprint density at radius 1 is 1.23 bits per heavy atom. The average molecular weight is 375 g/mol. The highest BCUT2D eigenvalue weighted by molar-refractivity contribution is 6.31. The number of nitrogens with one attached hydrogen (secondary N) is 1. The number of rotatable bonds is 3. The Kier molecular flexibility index (Phi) is 5.57. The second-order valence-electron chi connectivity index (χ2n) is 6.52. The fourth-order valence-corrected chi connectivity index (χ4v) is 3.28. The molecule has 4 nitrogen and oxygen atoms in total. The topological polar surface area (TPSA) is 49.4 Å². The highest BCUT2D eigenvalue weighted by atomic mass is 35.5. The standard InChI is InChI=1S/C20H20ClFN2O2/c1-13-8-9-15(11-17(13)21)23-19(25)14-5-4-10-24(12-14)20(26)16-6-2-3-7-18(16)22/h2-3,6-9,11,14H,4-5,10,12H2,1H3,(H,23,25)/t14-/m0/s1. The van der Waals surface area contributed by atoms with Crippen LogP contribution in [0.4, 0.5) is 10.1 Å². The largest absolute Gasteiger partial charge is 0.338 e. The zero-order valence-electron chi connectivity index (χ0n) is 14.5. The lowest BCUT2D eigenvalue weighted by Gasteiger charge is -2.32. The number of benzene rings is 2. The molecule has 1 saturated heterocycles. The van der Waals surface area contributed by atoms with Crippen LogP contribution in [0.5, 0.6) is 0 Å². The molecule has 1 N–H and O–H groups in total. The van der Waals surface area contributed by atoms with E-state index >= 15 is 0 Å². The van der Waals surface area contributed by atoms with Crippen LogP contribution in [0.2, 0.25) is 5.02 Å². The van der Waals surface area contributed by atoms with E-state index in [1.165, 1.54) is 12.1 Å². The summed E-state index contributed by atoms with van der Waals surface area (Å²) in [5.41, 5.74) is 1.60. The molecular weight excluding hydrogens is 355 g/mol. The van der Waals surface area contributed by atoms with E-state index in [2.05, 4.69) is 5.32 Å². The molecule has 1 aliphatic heterocycles. The second-order valence-corrected chi connectivity index (χ2v) is 6.93. The number of carbonyl (C=O) groups is 2. The summed E-state index contributed by atoms with van der Waals surface area (Å²) in [7, 11) is 0. The lowest BCUT2D eigenvalue weighted by molar-refractivity contribution is -0.121. The van der Waals surface area contributed by atoms with Gasteiger partial charge in [0.2, 0.25) is 5.91 Å². The maximum Gasteiger partial charge on any atom is 0.256 e. The maximum absolute atomic E-state index is 13.9. The van der Waals surface area contributed by atoms with Crippen LogP contribution in [0, 0.1) is 18.7 Å². The fraction of sp³-hybridized carbons (Fsp3) is 0.300. The first-order valence-electron chi connectivity index (χ1n) is 8.56. The molecule has 2 amide bonds. The monoisotopic (exact) mass is 374 g/mol. The van der Waals surface area contributed by atoms with Crippen LogP contribution in [0.3, 0.4) is 0 Å². The number of nitrogens with zero attached hydrogens (tertiary/aromatic N) is 1. The predicted molar refractivity (Wildman–Crippen MR) is 99.8 cm³/mol. The van der Waals surface area contributed by atoms with Crippen LogP contribution in [0.1, 0.15) is 28.8 Å². The number of aryl methyl sites for hydroxylation is 1. The molecule has 0 aromatic heterocycles. The number of amides is 2. The third-order valence-electron chi connectivity index (χ3n) is 4.62. The summed E-state index contributed by atoms with van der Waals surface area (Å²) >= 11 is 6.09. The van der Waals surface area contributed by atoms with Crippen molar-refractivity contribution in [2.45, 2.75) is 19.8 Å². The van der Waals surface area contributed by atoms with E-state index in [4.69, 9.17) is 11.6 Å². The lowest BCUT2D eigenvalue weighted by atomic mass is 9.96. The molecule has 0 spiro atoms. The summed E-state index contributed by atoms with van der Waals surface area (Å²) < 4.78 is 13.9. The molecule has 136 valence electrons. The molecule has 0 bridgehead atoms. The van der Waals surface area contributed by atoms with Crippen LogP contribution < -0.4 is 5.32 Å². The molecular formula is C20H20ClFN2O2. The third kappa shape index (κ3) is 4.05. The van der Waals surface area contributed by atoms with Gasteiger partial charge in [-0.15, -0.1) is 0 Å². The number of likely N-dealkylation sites (tertiary alicyclic amines) is 1. The number of hydrogen-bond donors (Lipinski definition) is 1.